The highest BCUT2D eigenvalue weighted by molar-refractivity contribution is 6.62. The molecule has 0 spiro atoms. The number of hydrogen-bond acceptors (Lipinski definition) is 5. The van der Waals surface area contributed by atoms with Gasteiger partial charge >= 0.3 is 7.12 Å². The van der Waals surface area contributed by atoms with E-state index in [1.54, 1.807) is 18.2 Å². The summed E-state index contributed by atoms with van der Waals surface area (Å²) in [6, 6.07) is 9.73. The normalized spacial score (nSPS) is 17.2. The van der Waals surface area contributed by atoms with Crippen molar-refractivity contribution in [3.8, 4) is 17.3 Å². The molecule has 0 unspecified atom stereocenters. The highest BCUT2D eigenvalue weighted by Gasteiger charge is 2.52. The van der Waals surface area contributed by atoms with Crippen LogP contribution < -0.4 is 10.8 Å². The Morgan fingerprint density at radius 3 is 2.57 bits per heavy atom. The van der Waals surface area contributed by atoms with Gasteiger partial charge in [0.25, 0.3) is 5.91 Å². The predicted molar refractivity (Wildman–Crippen MR) is 103 cm³/mol. The fourth-order valence-corrected chi connectivity index (χ4v) is 2.84. The van der Waals surface area contributed by atoms with Gasteiger partial charge in [0.1, 0.15) is 12.4 Å². The standard InChI is InChI=1S/C20H21BFN3O3/c1-19(2)20(3,4)28-21(27-19)15-7-5-6-14(17(15)22)16-12-13(8-10-24-16)18(26)25-11-9-23/h5-8,10,12H,11H2,1-4H3,(H,25,26). The topological polar surface area (TPSA) is 84.2 Å². The van der Waals surface area contributed by atoms with E-state index in [9.17, 15) is 4.79 Å². The maximum absolute atomic E-state index is 15.3. The van der Waals surface area contributed by atoms with Crippen molar-refractivity contribution in [2.24, 2.45) is 0 Å². The molecule has 1 saturated heterocycles. The van der Waals surface area contributed by atoms with Gasteiger partial charge in [-0.15, -0.1) is 0 Å². The van der Waals surface area contributed by atoms with Crippen LogP contribution in [0.25, 0.3) is 11.3 Å². The van der Waals surface area contributed by atoms with Gasteiger partial charge in [-0.05, 0) is 45.9 Å². The molecule has 0 atom stereocenters. The van der Waals surface area contributed by atoms with Crippen molar-refractivity contribution < 1.29 is 18.5 Å². The first kappa shape index (κ1) is 20.0. The minimum absolute atomic E-state index is 0.109. The number of benzene rings is 1. The van der Waals surface area contributed by atoms with Crippen molar-refractivity contribution in [3.05, 3.63) is 47.9 Å². The zero-order valence-corrected chi connectivity index (χ0v) is 16.2. The molecular formula is C20H21BFN3O3. The fourth-order valence-electron chi connectivity index (χ4n) is 2.84. The van der Waals surface area contributed by atoms with Crippen LogP contribution in [0.4, 0.5) is 4.39 Å². The number of rotatable bonds is 4. The first-order valence-corrected chi connectivity index (χ1v) is 8.92. The molecule has 0 saturated carbocycles. The van der Waals surface area contributed by atoms with Crippen molar-refractivity contribution in [3.63, 3.8) is 0 Å². The van der Waals surface area contributed by atoms with Gasteiger partial charge < -0.3 is 14.6 Å². The van der Waals surface area contributed by atoms with Crippen LogP contribution in [0.3, 0.4) is 0 Å². The molecule has 2 aromatic rings. The SMILES string of the molecule is CC1(C)OB(c2cccc(-c3cc(C(=O)NCC#N)ccn3)c2F)OC1(C)C. The average Bonchev–Trinajstić information content (AvgIpc) is 2.87. The Balaban J connectivity index is 1.95. The molecule has 8 heteroatoms. The van der Waals surface area contributed by atoms with E-state index >= 15 is 4.39 Å². The van der Waals surface area contributed by atoms with Gasteiger partial charge in [-0.3, -0.25) is 9.78 Å². The van der Waals surface area contributed by atoms with Crippen LogP contribution in [0.5, 0.6) is 0 Å². The Labute approximate surface area is 163 Å². The van der Waals surface area contributed by atoms with E-state index in [-0.39, 0.29) is 17.6 Å². The zero-order valence-electron chi connectivity index (χ0n) is 16.2. The molecule has 3 rings (SSSR count). The number of pyridine rings is 1. The van der Waals surface area contributed by atoms with E-state index in [0.717, 1.165) is 0 Å². The smallest absolute Gasteiger partial charge is 0.399 e. The summed E-state index contributed by atoms with van der Waals surface area (Å²) in [7, 11) is -0.841. The van der Waals surface area contributed by atoms with Gasteiger partial charge in [0, 0.05) is 22.8 Å². The molecule has 1 aliphatic heterocycles. The third-order valence-electron chi connectivity index (χ3n) is 5.16. The molecule has 0 bridgehead atoms. The number of hydrogen-bond donors (Lipinski definition) is 1. The molecule has 1 fully saturated rings. The Morgan fingerprint density at radius 2 is 1.93 bits per heavy atom. The number of halogens is 1. The zero-order chi connectivity index (χ0) is 20.5. The van der Waals surface area contributed by atoms with E-state index in [4.69, 9.17) is 14.6 Å². The average molecular weight is 381 g/mol. The van der Waals surface area contributed by atoms with Crippen LogP contribution in [0, 0.1) is 17.1 Å². The van der Waals surface area contributed by atoms with Crippen molar-refractivity contribution in [1.82, 2.24) is 10.3 Å². The number of nitrogens with one attached hydrogen (secondary N) is 1. The summed E-state index contributed by atoms with van der Waals surface area (Å²) in [5.41, 5.74) is -0.0607. The van der Waals surface area contributed by atoms with Crippen LogP contribution >= 0.6 is 0 Å². The highest BCUT2D eigenvalue weighted by atomic mass is 19.1. The lowest BCUT2D eigenvalue weighted by Gasteiger charge is -2.32. The second kappa shape index (κ2) is 7.34. The van der Waals surface area contributed by atoms with Crippen molar-refractivity contribution >= 4 is 18.5 Å². The van der Waals surface area contributed by atoms with Gasteiger partial charge in [-0.25, -0.2) is 4.39 Å². The fraction of sp³-hybridized carbons (Fsp3) is 0.350. The minimum Gasteiger partial charge on any atom is -0.399 e. The lowest BCUT2D eigenvalue weighted by molar-refractivity contribution is 0.00578. The van der Waals surface area contributed by atoms with Crippen LogP contribution in [-0.4, -0.2) is 35.8 Å². The Bertz CT molecular complexity index is 940. The lowest BCUT2D eigenvalue weighted by Crippen LogP contribution is -2.41. The largest absolute Gasteiger partial charge is 0.497 e. The second-order valence-electron chi connectivity index (χ2n) is 7.57. The molecule has 1 amide bonds. The summed E-state index contributed by atoms with van der Waals surface area (Å²) in [6.07, 6.45) is 1.43. The predicted octanol–water partition coefficient (Wildman–Crippen LogP) is 2.44. The number of aromatic nitrogens is 1. The third-order valence-corrected chi connectivity index (χ3v) is 5.16. The van der Waals surface area contributed by atoms with Gasteiger partial charge in [-0.2, -0.15) is 5.26 Å². The molecule has 2 heterocycles. The number of nitriles is 1. The molecule has 6 nitrogen and oxygen atoms in total. The molecule has 0 radical (unpaired) electrons. The monoisotopic (exact) mass is 381 g/mol. The van der Waals surface area contributed by atoms with E-state index in [1.807, 2.05) is 33.8 Å². The Morgan fingerprint density at radius 1 is 1.25 bits per heavy atom. The Kier molecular flexibility index (Phi) is 5.24. The first-order chi connectivity index (χ1) is 13.2. The quantitative estimate of drug-likeness (QED) is 0.650. The molecule has 1 aromatic carbocycles. The maximum atomic E-state index is 15.3. The molecule has 0 aliphatic carbocycles. The van der Waals surface area contributed by atoms with Crippen LogP contribution in [0.2, 0.25) is 0 Å². The number of carbonyl (C=O) groups excluding carboxylic acids is 1. The van der Waals surface area contributed by atoms with Crippen LogP contribution in [0.15, 0.2) is 36.5 Å². The molecule has 28 heavy (non-hydrogen) atoms. The molecule has 1 aliphatic rings. The first-order valence-electron chi connectivity index (χ1n) is 8.92. The number of amides is 1. The lowest BCUT2D eigenvalue weighted by atomic mass is 9.77. The molecular weight excluding hydrogens is 360 g/mol. The summed E-state index contributed by atoms with van der Waals surface area (Å²) in [6.45, 7) is 7.50. The van der Waals surface area contributed by atoms with Gasteiger partial charge in [0.15, 0.2) is 0 Å². The maximum Gasteiger partial charge on any atom is 0.497 e. The molecule has 144 valence electrons. The van der Waals surface area contributed by atoms with Gasteiger partial charge in [0.2, 0.25) is 0 Å². The summed E-state index contributed by atoms with van der Waals surface area (Å²) in [5, 5.41) is 11.0. The number of nitrogens with zero attached hydrogens (tertiary/aromatic N) is 2. The van der Waals surface area contributed by atoms with Crippen LogP contribution in [0.1, 0.15) is 38.1 Å². The van der Waals surface area contributed by atoms with E-state index in [0.29, 0.717) is 11.3 Å². The molecule has 1 aromatic heterocycles. The summed E-state index contributed by atoms with van der Waals surface area (Å²) >= 11 is 0. The van der Waals surface area contributed by atoms with E-state index in [1.165, 1.54) is 18.3 Å². The van der Waals surface area contributed by atoms with E-state index in [2.05, 4.69) is 10.3 Å². The van der Waals surface area contributed by atoms with Crippen molar-refractivity contribution in [2.45, 2.75) is 38.9 Å². The van der Waals surface area contributed by atoms with Crippen LogP contribution in [-0.2, 0) is 9.31 Å². The molecule has 1 N–H and O–H groups in total. The summed E-state index contributed by atoms with van der Waals surface area (Å²) < 4.78 is 27.2. The van der Waals surface area contributed by atoms with E-state index < -0.39 is 30.0 Å². The second-order valence-corrected chi connectivity index (χ2v) is 7.57. The highest BCUT2D eigenvalue weighted by Crippen LogP contribution is 2.37. The van der Waals surface area contributed by atoms with Gasteiger partial charge in [-0.1, -0.05) is 12.1 Å². The summed E-state index contributed by atoms with van der Waals surface area (Å²) in [5.74, 6) is -0.934. The third kappa shape index (κ3) is 3.64. The summed E-state index contributed by atoms with van der Waals surface area (Å²) in [4.78, 5) is 16.3. The van der Waals surface area contributed by atoms with Crippen molar-refractivity contribution in [2.75, 3.05) is 6.54 Å². The van der Waals surface area contributed by atoms with Gasteiger partial charge in [0.05, 0.1) is 23.0 Å². The Hall–Kier alpha value is -2.76. The van der Waals surface area contributed by atoms with Crippen molar-refractivity contribution in [1.29, 1.82) is 5.26 Å². The minimum atomic E-state index is -0.841. The number of carbonyl (C=O) groups is 1.